The molecular formula is C20H30O. The second kappa shape index (κ2) is 7.15. The van der Waals surface area contributed by atoms with E-state index >= 15 is 0 Å². The first-order chi connectivity index (χ1) is 10.0. The van der Waals surface area contributed by atoms with E-state index in [0.29, 0.717) is 5.41 Å². The maximum Gasteiger partial charge on any atom is 0.0934 e. The average Bonchev–Trinajstić information content (AvgIpc) is 2.96. The van der Waals surface area contributed by atoms with Crippen LogP contribution in [-0.2, 0) is 6.42 Å². The Morgan fingerprint density at radius 2 is 2.29 bits per heavy atom. The summed E-state index contributed by atoms with van der Waals surface area (Å²) in [6.45, 7) is 9.49. The van der Waals surface area contributed by atoms with Crippen molar-refractivity contribution >= 4 is 0 Å². The van der Waals surface area contributed by atoms with Crippen LogP contribution in [0.1, 0.15) is 65.4 Å². The lowest BCUT2D eigenvalue weighted by molar-refractivity contribution is 0.211. The molecule has 0 saturated heterocycles. The quantitative estimate of drug-likeness (QED) is 0.557. The highest BCUT2D eigenvalue weighted by atomic mass is 16.3. The number of aryl methyl sites for hydroxylation is 1. The van der Waals surface area contributed by atoms with Crippen LogP contribution in [0.15, 0.2) is 46.3 Å². The van der Waals surface area contributed by atoms with Crippen molar-refractivity contribution in [1.29, 1.82) is 0 Å². The molecule has 1 heterocycles. The van der Waals surface area contributed by atoms with Gasteiger partial charge < -0.3 is 4.42 Å². The molecule has 0 amide bonds. The molecule has 2 atom stereocenters. The van der Waals surface area contributed by atoms with Crippen LogP contribution in [0.25, 0.3) is 0 Å². The van der Waals surface area contributed by atoms with Crippen LogP contribution in [-0.4, -0.2) is 0 Å². The summed E-state index contributed by atoms with van der Waals surface area (Å²) in [5.41, 5.74) is 4.83. The summed E-state index contributed by atoms with van der Waals surface area (Å²) in [6.07, 6.45) is 15.8. The zero-order chi connectivity index (χ0) is 15.3. The van der Waals surface area contributed by atoms with Gasteiger partial charge in [0.05, 0.1) is 12.5 Å². The van der Waals surface area contributed by atoms with Gasteiger partial charge in [0.1, 0.15) is 0 Å². The third-order valence-corrected chi connectivity index (χ3v) is 5.58. The summed E-state index contributed by atoms with van der Waals surface area (Å²) in [6, 6.07) is 2.06. The minimum absolute atomic E-state index is 0.401. The first kappa shape index (κ1) is 16.1. The van der Waals surface area contributed by atoms with Gasteiger partial charge in [0.2, 0.25) is 0 Å². The van der Waals surface area contributed by atoms with E-state index in [-0.39, 0.29) is 0 Å². The van der Waals surface area contributed by atoms with Crippen LogP contribution in [0.3, 0.4) is 0 Å². The van der Waals surface area contributed by atoms with Crippen molar-refractivity contribution in [3.63, 3.8) is 0 Å². The van der Waals surface area contributed by atoms with Crippen LogP contribution in [0.4, 0.5) is 0 Å². The SMILES string of the molecule is CC(=CCCc1ccoc1)CC[C@]1(C)C(C)=CCC[C@@H]1C. The molecule has 116 valence electrons. The highest BCUT2D eigenvalue weighted by Crippen LogP contribution is 2.45. The molecule has 1 heteroatoms. The van der Waals surface area contributed by atoms with Gasteiger partial charge in [-0.3, -0.25) is 0 Å². The van der Waals surface area contributed by atoms with Crippen molar-refractivity contribution in [2.24, 2.45) is 11.3 Å². The maximum absolute atomic E-state index is 5.11. The van der Waals surface area contributed by atoms with Crippen LogP contribution in [0.2, 0.25) is 0 Å². The van der Waals surface area contributed by atoms with Crippen molar-refractivity contribution in [1.82, 2.24) is 0 Å². The predicted molar refractivity (Wildman–Crippen MR) is 90.3 cm³/mol. The second-order valence-corrected chi connectivity index (χ2v) is 7.00. The summed E-state index contributed by atoms with van der Waals surface area (Å²) in [5.74, 6) is 0.807. The lowest BCUT2D eigenvalue weighted by Gasteiger charge is -2.40. The Morgan fingerprint density at radius 1 is 1.48 bits per heavy atom. The Morgan fingerprint density at radius 3 is 2.95 bits per heavy atom. The first-order valence-electron chi connectivity index (χ1n) is 8.36. The molecule has 0 spiro atoms. The summed E-state index contributed by atoms with van der Waals surface area (Å²) >= 11 is 0. The first-order valence-corrected chi connectivity index (χ1v) is 8.36. The van der Waals surface area contributed by atoms with Gasteiger partial charge in [0.15, 0.2) is 0 Å². The molecule has 0 N–H and O–H groups in total. The molecule has 0 bridgehead atoms. The summed E-state index contributed by atoms with van der Waals surface area (Å²) < 4.78 is 5.11. The molecule has 1 aliphatic rings. The molecule has 2 rings (SSSR count). The monoisotopic (exact) mass is 286 g/mol. The van der Waals surface area contributed by atoms with E-state index < -0.39 is 0 Å². The van der Waals surface area contributed by atoms with Gasteiger partial charge in [-0.25, -0.2) is 0 Å². The van der Waals surface area contributed by atoms with Gasteiger partial charge in [-0.1, -0.05) is 37.1 Å². The van der Waals surface area contributed by atoms with Crippen LogP contribution in [0, 0.1) is 11.3 Å². The van der Waals surface area contributed by atoms with Crippen molar-refractivity contribution in [3.05, 3.63) is 47.5 Å². The third-order valence-electron chi connectivity index (χ3n) is 5.58. The van der Waals surface area contributed by atoms with Crippen molar-refractivity contribution in [3.8, 4) is 0 Å². The predicted octanol–water partition coefficient (Wildman–Crippen LogP) is 6.32. The largest absolute Gasteiger partial charge is 0.472 e. The van der Waals surface area contributed by atoms with Gasteiger partial charge >= 0.3 is 0 Å². The lowest BCUT2D eigenvalue weighted by atomic mass is 9.65. The minimum atomic E-state index is 0.401. The molecular weight excluding hydrogens is 256 g/mol. The van der Waals surface area contributed by atoms with Gasteiger partial charge in [0.25, 0.3) is 0 Å². The summed E-state index contributed by atoms with van der Waals surface area (Å²) in [4.78, 5) is 0. The Kier molecular flexibility index (Phi) is 5.50. The van der Waals surface area contributed by atoms with Crippen LogP contribution < -0.4 is 0 Å². The number of hydrogen-bond donors (Lipinski definition) is 0. The fourth-order valence-electron chi connectivity index (χ4n) is 3.41. The molecule has 0 unspecified atom stereocenters. The minimum Gasteiger partial charge on any atom is -0.472 e. The second-order valence-electron chi connectivity index (χ2n) is 7.00. The average molecular weight is 286 g/mol. The molecule has 1 nitrogen and oxygen atoms in total. The van der Waals surface area contributed by atoms with Gasteiger partial charge in [-0.2, -0.15) is 0 Å². The normalized spacial score (nSPS) is 26.8. The smallest absolute Gasteiger partial charge is 0.0934 e. The Labute approximate surface area is 130 Å². The maximum atomic E-state index is 5.11. The molecule has 1 aromatic rings. The number of allylic oxidation sites excluding steroid dienone is 4. The van der Waals surface area contributed by atoms with E-state index in [2.05, 4.69) is 45.9 Å². The topological polar surface area (TPSA) is 13.1 Å². The standard InChI is InChI=1S/C20H30O/c1-16(7-5-10-19-12-14-21-15-19)11-13-20(4)17(2)8-6-9-18(20)3/h7-8,12,14-15,18H,5-6,9-11,13H2,1-4H3/t18-,20+/m0/s1. The molecule has 0 aliphatic heterocycles. The molecule has 0 radical (unpaired) electrons. The molecule has 0 aromatic carbocycles. The van der Waals surface area contributed by atoms with E-state index in [1.807, 2.05) is 6.26 Å². The highest BCUT2D eigenvalue weighted by molar-refractivity contribution is 5.17. The van der Waals surface area contributed by atoms with Crippen molar-refractivity contribution in [2.75, 3.05) is 0 Å². The molecule has 0 saturated carbocycles. The number of hydrogen-bond acceptors (Lipinski definition) is 1. The van der Waals surface area contributed by atoms with E-state index in [9.17, 15) is 0 Å². The van der Waals surface area contributed by atoms with E-state index in [1.165, 1.54) is 36.8 Å². The number of rotatable bonds is 6. The number of furan rings is 1. The van der Waals surface area contributed by atoms with E-state index in [1.54, 1.807) is 11.8 Å². The van der Waals surface area contributed by atoms with E-state index in [4.69, 9.17) is 4.42 Å². The van der Waals surface area contributed by atoms with Crippen LogP contribution >= 0.6 is 0 Å². The summed E-state index contributed by atoms with van der Waals surface area (Å²) in [7, 11) is 0. The Hall–Kier alpha value is -1.24. The lowest BCUT2D eigenvalue weighted by Crippen LogP contribution is -2.29. The Balaban J connectivity index is 1.83. The summed E-state index contributed by atoms with van der Waals surface area (Å²) in [5, 5.41) is 0. The Bertz CT molecular complexity index is 492. The van der Waals surface area contributed by atoms with Crippen molar-refractivity contribution < 1.29 is 4.42 Å². The fourth-order valence-corrected chi connectivity index (χ4v) is 3.41. The molecule has 1 aromatic heterocycles. The van der Waals surface area contributed by atoms with Gasteiger partial charge in [-0.05, 0) is 75.3 Å². The highest BCUT2D eigenvalue weighted by Gasteiger charge is 2.34. The van der Waals surface area contributed by atoms with Crippen LogP contribution in [0.5, 0.6) is 0 Å². The fraction of sp³-hybridized carbons (Fsp3) is 0.600. The molecule has 1 aliphatic carbocycles. The molecule has 21 heavy (non-hydrogen) atoms. The zero-order valence-electron chi connectivity index (χ0n) is 14.1. The van der Waals surface area contributed by atoms with Gasteiger partial charge in [-0.15, -0.1) is 0 Å². The van der Waals surface area contributed by atoms with E-state index in [0.717, 1.165) is 18.8 Å². The third kappa shape index (κ3) is 4.12. The van der Waals surface area contributed by atoms with Crippen molar-refractivity contribution in [2.45, 2.75) is 66.2 Å². The van der Waals surface area contributed by atoms with Gasteiger partial charge in [0, 0.05) is 0 Å². The molecule has 0 fully saturated rings. The zero-order valence-corrected chi connectivity index (χ0v) is 14.1.